The molecule has 4 amide bonds. The first-order valence-electron chi connectivity index (χ1n) is 9.69. The Labute approximate surface area is 181 Å². The van der Waals surface area contributed by atoms with Gasteiger partial charge in [0.05, 0.1) is 11.3 Å². The van der Waals surface area contributed by atoms with Crippen molar-refractivity contribution in [2.45, 2.75) is 32.9 Å². The molecule has 0 heterocycles. The number of amides is 4. The minimum atomic E-state index is -0.332. The first-order chi connectivity index (χ1) is 14.3. The lowest BCUT2D eigenvalue weighted by atomic mass is 10.1. The molecule has 30 heavy (non-hydrogen) atoms. The Morgan fingerprint density at radius 2 is 1.77 bits per heavy atom. The number of carbonyl (C=O) groups is 3. The van der Waals surface area contributed by atoms with Gasteiger partial charge in [-0.25, -0.2) is 4.79 Å². The van der Waals surface area contributed by atoms with Gasteiger partial charge in [0.25, 0.3) is 5.91 Å². The van der Waals surface area contributed by atoms with Crippen LogP contribution in [0.4, 0.5) is 10.5 Å². The van der Waals surface area contributed by atoms with Gasteiger partial charge < -0.3 is 20.9 Å². The Morgan fingerprint density at radius 1 is 1.07 bits per heavy atom. The quantitative estimate of drug-likeness (QED) is 0.597. The Hall–Kier alpha value is -3.06. The monoisotopic (exact) mass is 430 g/mol. The molecule has 2 aromatic carbocycles. The highest BCUT2D eigenvalue weighted by Gasteiger charge is 2.15. The van der Waals surface area contributed by atoms with Gasteiger partial charge in [0.1, 0.15) is 0 Å². The Morgan fingerprint density at radius 3 is 2.43 bits per heavy atom. The van der Waals surface area contributed by atoms with E-state index in [1.807, 2.05) is 44.2 Å². The fraction of sp³-hybridized carbons (Fsp3) is 0.318. The molecule has 3 N–H and O–H groups in total. The summed E-state index contributed by atoms with van der Waals surface area (Å²) in [4.78, 5) is 38.4. The Kier molecular flexibility index (Phi) is 8.68. The summed E-state index contributed by atoms with van der Waals surface area (Å²) in [5.41, 5.74) is 1.67. The van der Waals surface area contributed by atoms with Crippen LogP contribution in [0.1, 0.15) is 36.2 Å². The number of nitrogens with zero attached hydrogens (tertiary/aromatic N) is 1. The minimum absolute atomic E-state index is 0.0418. The van der Waals surface area contributed by atoms with Crippen molar-refractivity contribution in [3.05, 3.63) is 64.7 Å². The van der Waals surface area contributed by atoms with Crippen LogP contribution in [-0.2, 0) is 11.3 Å². The van der Waals surface area contributed by atoms with E-state index in [0.29, 0.717) is 22.8 Å². The van der Waals surface area contributed by atoms with Gasteiger partial charge in [0.2, 0.25) is 5.91 Å². The minimum Gasteiger partial charge on any atom is -0.350 e. The van der Waals surface area contributed by atoms with Crippen LogP contribution in [0.2, 0.25) is 5.02 Å². The van der Waals surface area contributed by atoms with Crippen LogP contribution in [0.25, 0.3) is 0 Å². The third kappa shape index (κ3) is 7.40. The van der Waals surface area contributed by atoms with E-state index in [0.717, 1.165) is 5.56 Å². The molecule has 7 nitrogen and oxygen atoms in total. The highest BCUT2D eigenvalue weighted by atomic mass is 35.5. The Bertz CT molecular complexity index is 887. The second-order valence-corrected chi connectivity index (χ2v) is 7.63. The van der Waals surface area contributed by atoms with E-state index in [2.05, 4.69) is 16.0 Å². The highest BCUT2D eigenvalue weighted by molar-refractivity contribution is 6.31. The van der Waals surface area contributed by atoms with E-state index in [1.165, 1.54) is 6.07 Å². The van der Waals surface area contributed by atoms with E-state index in [4.69, 9.17) is 11.6 Å². The zero-order chi connectivity index (χ0) is 22.1. The van der Waals surface area contributed by atoms with Gasteiger partial charge in [-0.1, -0.05) is 41.9 Å². The molecule has 2 aromatic rings. The largest absolute Gasteiger partial charge is 0.350 e. The molecule has 0 saturated heterocycles. The summed E-state index contributed by atoms with van der Waals surface area (Å²) in [6.07, 6.45) is 0.0582. The van der Waals surface area contributed by atoms with Gasteiger partial charge >= 0.3 is 6.03 Å². The summed E-state index contributed by atoms with van der Waals surface area (Å²) in [6.45, 7) is 4.33. The first kappa shape index (κ1) is 23.2. The maximum absolute atomic E-state index is 12.3. The third-order valence-electron chi connectivity index (χ3n) is 4.16. The zero-order valence-electron chi connectivity index (χ0n) is 17.4. The van der Waals surface area contributed by atoms with Crippen molar-refractivity contribution < 1.29 is 14.4 Å². The molecule has 0 fully saturated rings. The van der Waals surface area contributed by atoms with Gasteiger partial charge in [0, 0.05) is 37.6 Å². The van der Waals surface area contributed by atoms with Crippen LogP contribution < -0.4 is 16.0 Å². The number of rotatable bonds is 8. The van der Waals surface area contributed by atoms with Gasteiger partial charge in [-0.2, -0.15) is 0 Å². The third-order valence-corrected chi connectivity index (χ3v) is 4.39. The van der Waals surface area contributed by atoms with Crippen molar-refractivity contribution in [1.82, 2.24) is 15.5 Å². The fourth-order valence-corrected chi connectivity index (χ4v) is 2.89. The maximum Gasteiger partial charge on any atom is 0.317 e. The van der Waals surface area contributed by atoms with Crippen LogP contribution in [0.3, 0.4) is 0 Å². The molecule has 0 aromatic heterocycles. The number of nitrogens with one attached hydrogen (secondary N) is 3. The second-order valence-electron chi connectivity index (χ2n) is 7.19. The molecular formula is C22H27ClN4O3. The molecule has 2 rings (SSSR count). The lowest BCUT2D eigenvalue weighted by molar-refractivity contribution is -0.116. The maximum atomic E-state index is 12.3. The van der Waals surface area contributed by atoms with Crippen molar-refractivity contribution in [2.24, 2.45) is 0 Å². The molecule has 160 valence electrons. The van der Waals surface area contributed by atoms with E-state index in [9.17, 15) is 14.4 Å². The molecule has 0 bridgehead atoms. The SMILES string of the molecule is CC(C)NC(=O)c1ccc(Cl)cc1NC(=O)CCNC(=O)N(C)Cc1ccccc1. The molecule has 0 spiro atoms. The molecule has 0 saturated carbocycles. The number of urea groups is 1. The summed E-state index contributed by atoms with van der Waals surface area (Å²) in [7, 11) is 1.69. The van der Waals surface area contributed by atoms with Crippen LogP contribution in [-0.4, -0.2) is 42.4 Å². The molecule has 8 heteroatoms. The summed E-state index contributed by atoms with van der Waals surface area (Å²) < 4.78 is 0. The molecule has 0 atom stereocenters. The number of hydrogen-bond donors (Lipinski definition) is 3. The van der Waals surface area contributed by atoms with Crippen molar-refractivity contribution in [3.63, 3.8) is 0 Å². The highest BCUT2D eigenvalue weighted by Crippen LogP contribution is 2.21. The molecular weight excluding hydrogens is 404 g/mol. The molecule has 0 aliphatic carbocycles. The predicted octanol–water partition coefficient (Wildman–Crippen LogP) is 3.65. The molecule has 0 aliphatic rings. The summed E-state index contributed by atoms with van der Waals surface area (Å²) in [5.74, 6) is -0.630. The number of hydrogen-bond acceptors (Lipinski definition) is 3. The number of carbonyl (C=O) groups excluding carboxylic acids is 3. The van der Waals surface area contributed by atoms with E-state index < -0.39 is 0 Å². The van der Waals surface area contributed by atoms with Crippen molar-refractivity contribution in [2.75, 3.05) is 18.9 Å². The Balaban J connectivity index is 1.86. The average Bonchev–Trinajstić information content (AvgIpc) is 2.68. The first-order valence-corrected chi connectivity index (χ1v) is 10.1. The summed E-state index contributed by atoms with van der Waals surface area (Å²) in [5, 5.41) is 8.61. The van der Waals surface area contributed by atoms with Crippen molar-refractivity contribution in [1.29, 1.82) is 0 Å². The van der Waals surface area contributed by atoms with Gasteiger partial charge in [-0.3, -0.25) is 9.59 Å². The lowest BCUT2D eigenvalue weighted by Crippen LogP contribution is -2.38. The van der Waals surface area contributed by atoms with Gasteiger partial charge in [0.15, 0.2) is 0 Å². The van der Waals surface area contributed by atoms with E-state index in [-0.39, 0.29) is 36.9 Å². The average molecular weight is 431 g/mol. The zero-order valence-corrected chi connectivity index (χ0v) is 18.1. The summed E-state index contributed by atoms with van der Waals surface area (Å²) in [6, 6.07) is 14.0. The number of halogens is 1. The number of anilines is 1. The predicted molar refractivity (Wildman–Crippen MR) is 119 cm³/mol. The van der Waals surface area contributed by atoms with Gasteiger partial charge in [-0.15, -0.1) is 0 Å². The lowest BCUT2D eigenvalue weighted by Gasteiger charge is -2.18. The fourth-order valence-electron chi connectivity index (χ4n) is 2.72. The van der Waals surface area contributed by atoms with Crippen LogP contribution >= 0.6 is 11.6 Å². The van der Waals surface area contributed by atoms with Crippen molar-refractivity contribution >= 4 is 35.1 Å². The second kappa shape index (κ2) is 11.2. The van der Waals surface area contributed by atoms with Gasteiger partial charge in [-0.05, 0) is 37.6 Å². The van der Waals surface area contributed by atoms with E-state index in [1.54, 1.807) is 24.1 Å². The number of benzene rings is 2. The van der Waals surface area contributed by atoms with Crippen LogP contribution in [0, 0.1) is 0 Å². The summed E-state index contributed by atoms with van der Waals surface area (Å²) >= 11 is 6.01. The van der Waals surface area contributed by atoms with Crippen LogP contribution in [0.5, 0.6) is 0 Å². The van der Waals surface area contributed by atoms with Crippen LogP contribution in [0.15, 0.2) is 48.5 Å². The smallest absolute Gasteiger partial charge is 0.317 e. The normalized spacial score (nSPS) is 10.4. The topological polar surface area (TPSA) is 90.5 Å². The molecule has 0 radical (unpaired) electrons. The molecule has 0 unspecified atom stereocenters. The molecule has 0 aliphatic heterocycles. The van der Waals surface area contributed by atoms with Crippen molar-refractivity contribution in [3.8, 4) is 0 Å². The van der Waals surface area contributed by atoms with E-state index >= 15 is 0 Å². The standard InChI is InChI=1S/C22H27ClN4O3/c1-15(2)25-21(29)18-10-9-17(23)13-19(18)26-20(28)11-12-24-22(30)27(3)14-16-7-5-4-6-8-16/h4-10,13,15H,11-12,14H2,1-3H3,(H,24,30)(H,25,29)(H,26,28).